The van der Waals surface area contributed by atoms with Gasteiger partial charge in [0.2, 0.25) is 5.91 Å². The van der Waals surface area contributed by atoms with Gasteiger partial charge in [-0.25, -0.2) is 0 Å². The van der Waals surface area contributed by atoms with E-state index >= 15 is 0 Å². The maximum atomic E-state index is 11.8. The quantitative estimate of drug-likeness (QED) is 0.826. The van der Waals surface area contributed by atoms with Crippen LogP contribution in [0.15, 0.2) is 24.3 Å². The van der Waals surface area contributed by atoms with Crippen molar-refractivity contribution in [1.82, 2.24) is 5.32 Å². The standard InChI is InChI=1S/C14H21N3O/c1-11-8-12-4-2-3-5-13(12)17(9-11)10-14(18)16-7-6-15/h2-5,11H,6-10,15H2,1H3,(H,16,18). The van der Waals surface area contributed by atoms with E-state index in [9.17, 15) is 4.79 Å². The van der Waals surface area contributed by atoms with E-state index in [1.807, 2.05) is 6.07 Å². The van der Waals surface area contributed by atoms with Crippen LogP contribution in [-0.4, -0.2) is 32.1 Å². The summed E-state index contributed by atoms with van der Waals surface area (Å²) in [7, 11) is 0. The summed E-state index contributed by atoms with van der Waals surface area (Å²) in [5.74, 6) is 0.631. The van der Waals surface area contributed by atoms with Crippen molar-refractivity contribution in [2.45, 2.75) is 13.3 Å². The fraction of sp³-hybridized carbons (Fsp3) is 0.500. The van der Waals surface area contributed by atoms with E-state index in [1.165, 1.54) is 11.3 Å². The number of fused-ring (bicyclic) bond motifs is 1. The van der Waals surface area contributed by atoms with E-state index in [0.717, 1.165) is 13.0 Å². The van der Waals surface area contributed by atoms with E-state index in [0.29, 0.717) is 25.6 Å². The average molecular weight is 247 g/mol. The monoisotopic (exact) mass is 247 g/mol. The van der Waals surface area contributed by atoms with Crippen LogP contribution in [0.1, 0.15) is 12.5 Å². The highest BCUT2D eigenvalue weighted by Crippen LogP contribution is 2.28. The van der Waals surface area contributed by atoms with Gasteiger partial charge in [-0.3, -0.25) is 4.79 Å². The highest BCUT2D eigenvalue weighted by molar-refractivity contribution is 5.81. The van der Waals surface area contributed by atoms with Crippen LogP contribution >= 0.6 is 0 Å². The van der Waals surface area contributed by atoms with Crippen molar-refractivity contribution >= 4 is 11.6 Å². The summed E-state index contributed by atoms with van der Waals surface area (Å²) >= 11 is 0. The Labute approximate surface area is 108 Å². The molecule has 1 aromatic rings. The second kappa shape index (κ2) is 5.87. The summed E-state index contributed by atoms with van der Waals surface area (Å²) in [5, 5.41) is 2.82. The molecule has 4 nitrogen and oxygen atoms in total. The third-order valence-corrected chi connectivity index (χ3v) is 3.23. The minimum atomic E-state index is 0.0457. The number of nitrogens with two attached hydrogens (primary N) is 1. The van der Waals surface area contributed by atoms with Gasteiger partial charge in [0.1, 0.15) is 0 Å². The van der Waals surface area contributed by atoms with Crippen molar-refractivity contribution in [3.63, 3.8) is 0 Å². The van der Waals surface area contributed by atoms with Gasteiger partial charge in [-0.05, 0) is 24.0 Å². The molecule has 1 heterocycles. The Morgan fingerprint density at radius 1 is 1.50 bits per heavy atom. The van der Waals surface area contributed by atoms with Crippen molar-refractivity contribution in [1.29, 1.82) is 0 Å². The molecule has 2 rings (SSSR count). The lowest BCUT2D eigenvalue weighted by Crippen LogP contribution is -2.43. The van der Waals surface area contributed by atoms with Crippen LogP contribution in [0, 0.1) is 5.92 Å². The second-order valence-electron chi connectivity index (χ2n) is 4.96. The van der Waals surface area contributed by atoms with E-state index in [1.54, 1.807) is 0 Å². The normalized spacial score (nSPS) is 18.3. The third kappa shape index (κ3) is 3.01. The highest BCUT2D eigenvalue weighted by atomic mass is 16.2. The lowest BCUT2D eigenvalue weighted by Gasteiger charge is -2.34. The van der Waals surface area contributed by atoms with Gasteiger partial charge >= 0.3 is 0 Å². The first-order valence-corrected chi connectivity index (χ1v) is 6.50. The molecule has 1 unspecified atom stereocenters. The summed E-state index contributed by atoms with van der Waals surface area (Å²) in [6.07, 6.45) is 1.09. The molecule has 0 aromatic heterocycles. The van der Waals surface area contributed by atoms with Gasteiger partial charge in [-0.1, -0.05) is 25.1 Å². The highest BCUT2D eigenvalue weighted by Gasteiger charge is 2.22. The SMILES string of the molecule is CC1Cc2ccccc2N(CC(=O)NCCN)C1. The number of amides is 1. The van der Waals surface area contributed by atoms with Crippen LogP contribution in [0.3, 0.4) is 0 Å². The van der Waals surface area contributed by atoms with Crippen molar-refractivity contribution in [3.8, 4) is 0 Å². The zero-order valence-corrected chi connectivity index (χ0v) is 10.9. The van der Waals surface area contributed by atoms with Gasteiger partial charge in [-0.15, -0.1) is 0 Å². The van der Waals surface area contributed by atoms with Gasteiger partial charge < -0.3 is 16.0 Å². The Morgan fingerprint density at radius 3 is 3.06 bits per heavy atom. The molecule has 0 bridgehead atoms. The fourth-order valence-electron chi connectivity index (χ4n) is 2.50. The first-order valence-electron chi connectivity index (χ1n) is 6.50. The number of nitrogens with one attached hydrogen (secondary N) is 1. The van der Waals surface area contributed by atoms with Crippen LogP contribution < -0.4 is 16.0 Å². The molecule has 4 heteroatoms. The molecule has 98 valence electrons. The summed E-state index contributed by atoms with van der Waals surface area (Å²) in [6.45, 7) is 4.61. The van der Waals surface area contributed by atoms with Crippen LogP contribution in [0.25, 0.3) is 0 Å². The second-order valence-corrected chi connectivity index (χ2v) is 4.96. The van der Waals surface area contributed by atoms with Crippen LogP contribution in [0.4, 0.5) is 5.69 Å². The molecular formula is C14H21N3O. The van der Waals surface area contributed by atoms with Gasteiger partial charge in [0, 0.05) is 25.3 Å². The van der Waals surface area contributed by atoms with E-state index in [2.05, 4.69) is 35.3 Å². The number of nitrogens with zero attached hydrogens (tertiary/aromatic N) is 1. The van der Waals surface area contributed by atoms with Crippen molar-refractivity contribution < 1.29 is 4.79 Å². The molecule has 1 aliphatic rings. The Bertz CT molecular complexity index is 419. The number of benzene rings is 1. The molecule has 1 aliphatic heterocycles. The van der Waals surface area contributed by atoms with Crippen LogP contribution in [0.5, 0.6) is 0 Å². The number of hydrogen-bond acceptors (Lipinski definition) is 3. The molecular weight excluding hydrogens is 226 g/mol. The Morgan fingerprint density at radius 2 is 2.28 bits per heavy atom. The lowest BCUT2D eigenvalue weighted by molar-refractivity contribution is -0.119. The third-order valence-electron chi connectivity index (χ3n) is 3.23. The largest absolute Gasteiger partial charge is 0.362 e. The Balaban J connectivity index is 2.07. The number of para-hydroxylation sites is 1. The summed E-state index contributed by atoms with van der Waals surface area (Å²) in [6, 6.07) is 8.33. The minimum Gasteiger partial charge on any atom is -0.362 e. The lowest BCUT2D eigenvalue weighted by atomic mass is 9.94. The predicted octanol–water partition coefficient (Wildman–Crippen LogP) is 0.760. The number of rotatable bonds is 4. The maximum absolute atomic E-state index is 11.8. The number of carbonyl (C=O) groups is 1. The van der Waals surface area contributed by atoms with Crippen molar-refractivity contribution in [3.05, 3.63) is 29.8 Å². The molecule has 1 amide bonds. The molecule has 18 heavy (non-hydrogen) atoms. The molecule has 0 aliphatic carbocycles. The molecule has 1 atom stereocenters. The predicted molar refractivity (Wildman–Crippen MR) is 73.6 cm³/mol. The summed E-state index contributed by atoms with van der Waals surface area (Å²) in [4.78, 5) is 13.9. The Kier molecular flexibility index (Phi) is 4.20. The fourth-order valence-corrected chi connectivity index (χ4v) is 2.50. The summed E-state index contributed by atoms with van der Waals surface area (Å²) in [5.41, 5.74) is 7.91. The minimum absolute atomic E-state index is 0.0457. The molecule has 0 radical (unpaired) electrons. The topological polar surface area (TPSA) is 58.4 Å². The van der Waals surface area contributed by atoms with E-state index < -0.39 is 0 Å². The number of carbonyl (C=O) groups excluding carboxylic acids is 1. The Hall–Kier alpha value is -1.55. The molecule has 0 saturated carbocycles. The smallest absolute Gasteiger partial charge is 0.239 e. The zero-order valence-electron chi connectivity index (χ0n) is 10.9. The number of anilines is 1. The zero-order chi connectivity index (χ0) is 13.0. The van der Waals surface area contributed by atoms with E-state index in [-0.39, 0.29) is 5.91 Å². The molecule has 0 fully saturated rings. The van der Waals surface area contributed by atoms with Gasteiger partial charge in [0.25, 0.3) is 0 Å². The summed E-state index contributed by atoms with van der Waals surface area (Å²) < 4.78 is 0. The average Bonchev–Trinajstić information content (AvgIpc) is 2.36. The van der Waals surface area contributed by atoms with Gasteiger partial charge in [-0.2, -0.15) is 0 Å². The van der Waals surface area contributed by atoms with Crippen LogP contribution in [-0.2, 0) is 11.2 Å². The van der Waals surface area contributed by atoms with Crippen molar-refractivity contribution in [2.75, 3.05) is 31.1 Å². The van der Waals surface area contributed by atoms with E-state index in [4.69, 9.17) is 5.73 Å². The molecule has 3 N–H and O–H groups in total. The van der Waals surface area contributed by atoms with Crippen LogP contribution in [0.2, 0.25) is 0 Å². The van der Waals surface area contributed by atoms with Gasteiger partial charge in [0.15, 0.2) is 0 Å². The first kappa shape index (κ1) is 12.9. The van der Waals surface area contributed by atoms with Gasteiger partial charge in [0.05, 0.1) is 6.54 Å². The van der Waals surface area contributed by atoms with Crippen molar-refractivity contribution in [2.24, 2.45) is 11.7 Å². The maximum Gasteiger partial charge on any atom is 0.239 e. The number of hydrogen-bond donors (Lipinski definition) is 2. The first-order chi connectivity index (χ1) is 8.70. The molecule has 1 aromatic carbocycles. The molecule has 0 saturated heterocycles. The molecule has 0 spiro atoms.